The van der Waals surface area contributed by atoms with Gasteiger partial charge in [0.25, 0.3) is 6.71 Å². The van der Waals surface area contributed by atoms with Crippen LogP contribution in [0, 0.1) is 0 Å². The summed E-state index contributed by atoms with van der Waals surface area (Å²) in [6, 6.07) is 33.4. The largest absolute Gasteiger partial charge is 0.342 e. The van der Waals surface area contributed by atoms with Gasteiger partial charge in [-0.2, -0.15) is 0 Å². The van der Waals surface area contributed by atoms with Crippen molar-refractivity contribution in [1.29, 1.82) is 0 Å². The Morgan fingerprint density at radius 3 is 2.28 bits per heavy atom. The van der Waals surface area contributed by atoms with Gasteiger partial charge in [-0.05, 0) is 58.7 Å². The normalized spacial score (nSPS) is 15.1. The minimum Gasteiger partial charge on any atom is -0.342 e. The molecule has 0 fully saturated rings. The van der Waals surface area contributed by atoms with Gasteiger partial charge in [0.05, 0.1) is 0 Å². The van der Waals surface area contributed by atoms with Crippen molar-refractivity contribution in [3.05, 3.63) is 96.6 Å². The van der Waals surface area contributed by atoms with Gasteiger partial charge in [0.1, 0.15) is 0 Å². The zero-order chi connectivity index (χ0) is 18.9. The van der Waals surface area contributed by atoms with Crippen LogP contribution < -0.4 is 26.2 Å². The van der Waals surface area contributed by atoms with Crippen LogP contribution in [0.4, 0.5) is 28.4 Å². The van der Waals surface area contributed by atoms with Gasteiger partial charge in [-0.1, -0.05) is 60.7 Å². The Morgan fingerprint density at radius 1 is 0.621 bits per heavy atom. The van der Waals surface area contributed by atoms with Crippen LogP contribution in [0.25, 0.3) is 0 Å². The first-order valence-corrected chi connectivity index (χ1v) is 10.4. The average molecular weight is 370 g/mol. The number of nitrogens with zero attached hydrogens (tertiary/aromatic N) is 2. The zero-order valence-electron chi connectivity index (χ0n) is 16.0. The van der Waals surface area contributed by atoms with E-state index in [1.807, 2.05) is 0 Å². The summed E-state index contributed by atoms with van der Waals surface area (Å²) < 4.78 is 0. The standard InChI is InChI=1S/C26H19BN2/c1-2-9-19(10-3-1)29-22-13-5-4-11-20(22)27-21-12-6-8-18-16-17-28(26(18)21)23-14-7-15-24(29)25(23)27/h1-15H,16-17H2. The van der Waals surface area contributed by atoms with Gasteiger partial charge in [-0.15, -0.1) is 0 Å². The van der Waals surface area contributed by atoms with Gasteiger partial charge in [0.2, 0.25) is 0 Å². The van der Waals surface area contributed by atoms with Crippen molar-refractivity contribution in [2.45, 2.75) is 6.42 Å². The van der Waals surface area contributed by atoms with Crippen molar-refractivity contribution in [3.63, 3.8) is 0 Å². The summed E-state index contributed by atoms with van der Waals surface area (Å²) in [5, 5.41) is 0. The van der Waals surface area contributed by atoms with Crippen molar-refractivity contribution < 1.29 is 0 Å². The van der Waals surface area contributed by atoms with Gasteiger partial charge in [0.15, 0.2) is 0 Å². The third-order valence-electron chi connectivity index (χ3n) is 6.72. The Hall–Kier alpha value is -3.46. The molecular formula is C26H19BN2. The summed E-state index contributed by atoms with van der Waals surface area (Å²) in [4.78, 5) is 4.99. The fourth-order valence-electron chi connectivity index (χ4n) is 5.63. The van der Waals surface area contributed by atoms with Crippen LogP contribution in [0.3, 0.4) is 0 Å². The summed E-state index contributed by atoms with van der Waals surface area (Å²) in [6.07, 6.45) is 1.13. The molecule has 3 aliphatic rings. The summed E-state index contributed by atoms with van der Waals surface area (Å²) in [6.45, 7) is 1.37. The predicted molar refractivity (Wildman–Crippen MR) is 123 cm³/mol. The molecule has 0 amide bonds. The minimum atomic E-state index is 0.293. The van der Waals surface area contributed by atoms with Gasteiger partial charge in [0, 0.05) is 35.0 Å². The van der Waals surface area contributed by atoms with Crippen molar-refractivity contribution in [1.82, 2.24) is 0 Å². The number of hydrogen-bond acceptors (Lipinski definition) is 2. The molecule has 3 aliphatic heterocycles. The first kappa shape index (κ1) is 15.5. The number of hydrogen-bond donors (Lipinski definition) is 0. The van der Waals surface area contributed by atoms with E-state index >= 15 is 0 Å². The van der Waals surface area contributed by atoms with Crippen LogP contribution in [0.5, 0.6) is 0 Å². The van der Waals surface area contributed by atoms with E-state index in [1.165, 1.54) is 50.4 Å². The number of fused-ring (bicyclic) bond motifs is 4. The molecule has 3 heteroatoms. The van der Waals surface area contributed by atoms with E-state index in [2.05, 4.69) is 101 Å². The van der Waals surface area contributed by atoms with E-state index < -0.39 is 0 Å². The Morgan fingerprint density at radius 2 is 1.34 bits per heavy atom. The molecule has 3 heterocycles. The van der Waals surface area contributed by atoms with E-state index in [1.54, 1.807) is 0 Å². The summed E-state index contributed by atoms with van der Waals surface area (Å²) in [5.41, 5.74) is 12.4. The molecule has 0 atom stereocenters. The fraction of sp³-hybridized carbons (Fsp3) is 0.0769. The molecule has 0 radical (unpaired) electrons. The lowest BCUT2D eigenvalue weighted by Gasteiger charge is -2.42. The summed E-state index contributed by atoms with van der Waals surface area (Å²) in [7, 11) is 0. The quantitative estimate of drug-likeness (QED) is 0.412. The Labute approximate surface area is 171 Å². The van der Waals surface area contributed by atoms with Crippen LogP contribution in [0.1, 0.15) is 5.56 Å². The second-order valence-corrected chi connectivity index (χ2v) is 8.13. The third kappa shape index (κ3) is 1.92. The Bertz CT molecular complexity index is 1280. The molecule has 0 unspecified atom stereocenters. The molecule has 0 bridgehead atoms. The van der Waals surface area contributed by atoms with E-state index in [9.17, 15) is 0 Å². The molecule has 4 aromatic rings. The number of benzene rings is 4. The topological polar surface area (TPSA) is 6.48 Å². The molecule has 7 rings (SSSR count). The number of rotatable bonds is 1. The van der Waals surface area contributed by atoms with Gasteiger partial charge in [-0.25, -0.2) is 0 Å². The number of anilines is 5. The first-order chi connectivity index (χ1) is 14.4. The molecule has 4 aromatic carbocycles. The zero-order valence-corrected chi connectivity index (χ0v) is 16.0. The summed E-state index contributed by atoms with van der Waals surface area (Å²) in [5.74, 6) is 0. The van der Waals surface area contributed by atoms with E-state index in [-0.39, 0.29) is 0 Å². The van der Waals surface area contributed by atoms with Crippen LogP contribution >= 0.6 is 0 Å². The highest BCUT2D eigenvalue weighted by Gasteiger charge is 2.44. The molecular weight excluding hydrogens is 351 g/mol. The minimum absolute atomic E-state index is 0.293. The Kier molecular flexibility index (Phi) is 2.96. The molecule has 136 valence electrons. The fourth-order valence-corrected chi connectivity index (χ4v) is 5.63. The molecule has 29 heavy (non-hydrogen) atoms. The highest BCUT2D eigenvalue weighted by Crippen LogP contribution is 2.43. The lowest BCUT2D eigenvalue weighted by molar-refractivity contribution is 1.000. The second kappa shape index (κ2) is 5.54. The average Bonchev–Trinajstić information content (AvgIpc) is 3.22. The van der Waals surface area contributed by atoms with E-state index in [0.29, 0.717) is 6.71 Å². The van der Waals surface area contributed by atoms with Gasteiger partial charge >= 0.3 is 0 Å². The summed E-state index contributed by atoms with van der Waals surface area (Å²) >= 11 is 0. The Balaban J connectivity index is 1.60. The highest BCUT2D eigenvalue weighted by molar-refractivity contribution is 7.00. The van der Waals surface area contributed by atoms with Gasteiger partial charge in [-0.3, -0.25) is 0 Å². The first-order valence-electron chi connectivity index (χ1n) is 10.4. The number of para-hydroxylation sites is 3. The van der Waals surface area contributed by atoms with Crippen molar-refractivity contribution in [3.8, 4) is 0 Å². The van der Waals surface area contributed by atoms with Crippen LogP contribution in [0.2, 0.25) is 0 Å². The van der Waals surface area contributed by atoms with Crippen molar-refractivity contribution >= 4 is 51.5 Å². The van der Waals surface area contributed by atoms with Crippen molar-refractivity contribution in [2.75, 3.05) is 16.3 Å². The molecule has 0 aliphatic carbocycles. The predicted octanol–water partition coefficient (Wildman–Crippen LogP) is 3.99. The van der Waals surface area contributed by atoms with Crippen LogP contribution in [-0.2, 0) is 6.42 Å². The second-order valence-electron chi connectivity index (χ2n) is 8.13. The van der Waals surface area contributed by atoms with E-state index in [0.717, 1.165) is 13.0 Å². The molecule has 0 saturated heterocycles. The molecule has 2 nitrogen and oxygen atoms in total. The maximum absolute atomic E-state index is 2.55. The smallest absolute Gasteiger partial charge is 0.252 e. The maximum atomic E-state index is 2.55. The van der Waals surface area contributed by atoms with Crippen LogP contribution in [0.15, 0.2) is 91.0 Å². The molecule has 0 spiro atoms. The lowest BCUT2D eigenvalue weighted by Crippen LogP contribution is -2.61. The molecule has 0 aromatic heterocycles. The lowest BCUT2D eigenvalue weighted by atomic mass is 9.33. The molecule has 0 saturated carbocycles. The molecule has 0 N–H and O–H groups in total. The van der Waals surface area contributed by atoms with E-state index in [4.69, 9.17) is 0 Å². The van der Waals surface area contributed by atoms with Gasteiger partial charge < -0.3 is 9.80 Å². The maximum Gasteiger partial charge on any atom is 0.252 e. The monoisotopic (exact) mass is 370 g/mol. The van der Waals surface area contributed by atoms with Crippen LogP contribution in [-0.4, -0.2) is 13.3 Å². The SMILES string of the molecule is c1ccc(N2c3ccccc3B3c4cccc5c4N(CC5)c4cccc2c43)cc1. The third-order valence-corrected chi connectivity index (χ3v) is 6.72. The van der Waals surface area contributed by atoms with Crippen molar-refractivity contribution in [2.24, 2.45) is 0 Å². The highest BCUT2D eigenvalue weighted by atomic mass is 15.2.